The van der Waals surface area contributed by atoms with Crippen LogP contribution in [-0.4, -0.2) is 131 Å². The number of halogens is 6. The predicted octanol–water partition coefficient (Wildman–Crippen LogP) is 2.46. The molecule has 0 aliphatic carbocycles. The van der Waals surface area contributed by atoms with Crippen LogP contribution in [0.2, 0.25) is 0 Å². The summed E-state index contributed by atoms with van der Waals surface area (Å²) < 4.78 is 116. The lowest BCUT2D eigenvalue weighted by molar-refractivity contribution is -0.0539. The van der Waals surface area contributed by atoms with E-state index in [2.05, 4.69) is 49.1 Å². The van der Waals surface area contributed by atoms with Gasteiger partial charge in [0.2, 0.25) is 0 Å². The smallest absolute Gasteiger partial charge is 0.523 e. The Labute approximate surface area is 219 Å². The number of alkyl halides is 6. The van der Waals surface area contributed by atoms with Crippen molar-refractivity contribution >= 4 is 49.3 Å². The minimum absolute atomic E-state index is 0.512. The van der Waals surface area contributed by atoms with Gasteiger partial charge in [0.1, 0.15) is 5.50 Å². The molecule has 20 heteroatoms. The molecular formula is C16H35F6N4O6S4-. The van der Waals surface area contributed by atoms with E-state index < -0.39 is 37.9 Å². The largest absolute Gasteiger partial charge is 0.741 e. The maximum absolute atomic E-state index is 11.3. The highest BCUT2D eigenvalue weighted by Gasteiger charge is 2.46. The zero-order valence-corrected chi connectivity index (χ0v) is 24.9. The molecule has 0 spiro atoms. The van der Waals surface area contributed by atoms with E-state index in [1.54, 1.807) is 0 Å². The van der Waals surface area contributed by atoms with E-state index in [-0.39, 0.29) is 0 Å². The average Bonchev–Trinajstić information content (AvgIpc) is 2.63. The lowest BCUT2D eigenvalue weighted by Gasteiger charge is -2.29. The quantitative estimate of drug-likeness (QED) is 0.108. The molecular weight excluding hydrogens is 586 g/mol. The summed E-state index contributed by atoms with van der Waals surface area (Å²) >= 11 is 6.90. The van der Waals surface area contributed by atoms with Crippen LogP contribution in [-0.2, 0) is 24.4 Å². The standard InChI is InChI=1S/C7H18N2S.C5H12N2S.C3H5F3O3S.CHF3O3S/c1-6-10-7(8(2)3)9(4)5;1-6(2)5(8)7(3)4;1-2-9-10(7,8)3(4,5)6;2-1(3,4)8(5,6)7/h7H,6H2,1-5H3;1-4H3;2H2,1H3;(H,5,6,7)/p-1. The summed E-state index contributed by atoms with van der Waals surface area (Å²) in [5.41, 5.74) is -10.4. The van der Waals surface area contributed by atoms with Crippen LogP contribution in [0, 0.1) is 0 Å². The van der Waals surface area contributed by atoms with E-state index in [1.165, 1.54) is 5.75 Å². The number of hydrogen-bond donors (Lipinski definition) is 0. The Balaban J connectivity index is -0.000000191. The summed E-state index contributed by atoms with van der Waals surface area (Å²) in [5.74, 6) is 1.17. The predicted molar refractivity (Wildman–Crippen MR) is 132 cm³/mol. The lowest BCUT2D eigenvalue weighted by atomic mass is 10.8. The van der Waals surface area contributed by atoms with Crippen molar-refractivity contribution in [2.45, 2.75) is 30.4 Å². The number of thioether (sulfide) groups is 1. The molecule has 36 heavy (non-hydrogen) atoms. The van der Waals surface area contributed by atoms with Crippen LogP contribution in [0.3, 0.4) is 0 Å². The first-order valence-corrected chi connectivity index (χ1v) is 13.8. The molecule has 0 rings (SSSR count). The van der Waals surface area contributed by atoms with Gasteiger partial charge in [-0.15, -0.1) is 11.8 Å². The third-order valence-electron chi connectivity index (χ3n) is 2.80. The SMILES string of the molecule is CCOS(=O)(=O)C(F)(F)F.CCSC(N(C)C)N(C)C.CN(C)C(=S)N(C)C.O=S(=O)([O-])C(F)(F)F. The van der Waals surface area contributed by atoms with Crippen molar-refractivity contribution in [3.05, 3.63) is 0 Å². The molecule has 10 nitrogen and oxygen atoms in total. The van der Waals surface area contributed by atoms with E-state index in [4.69, 9.17) is 25.2 Å². The van der Waals surface area contributed by atoms with Crippen molar-refractivity contribution in [3.8, 4) is 0 Å². The van der Waals surface area contributed by atoms with Crippen LogP contribution in [0.1, 0.15) is 13.8 Å². The highest BCUT2D eigenvalue weighted by Crippen LogP contribution is 2.24. The number of thiocarbonyl (C=S) groups is 1. The normalized spacial score (nSPS) is 12.1. The molecule has 0 unspecified atom stereocenters. The fraction of sp³-hybridized carbons (Fsp3) is 0.938. The first-order chi connectivity index (χ1) is 15.7. The summed E-state index contributed by atoms with van der Waals surface area (Å²) in [7, 11) is 4.71. The first-order valence-electron chi connectivity index (χ1n) is 9.51. The maximum atomic E-state index is 11.3. The molecule has 0 fully saturated rings. The summed E-state index contributed by atoms with van der Waals surface area (Å²) in [6.07, 6.45) is 0. The number of rotatable bonds is 6. The molecule has 0 saturated heterocycles. The van der Waals surface area contributed by atoms with Gasteiger partial charge in [0.15, 0.2) is 15.2 Å². The monoisotopic (exact) mass is 621 g/mol. The van der Waals surface area contributed by atoms with E-state index in [1.807, 2.05) is 49.8 Å². The zero-order chi connectivity index (χ0) is 30.3. The van der Waals surface area contributed by atoms with Crippen LogP contribution in [0.15, 0.2) is 0 Å². The fourth-order valence-corrected chi connectivity index (χ4v) is 2.87. The lowest BCUT2D eigenvalue weighted by Crippen LogP contribution is -2.37. The molecule has 0 aromatic heterocycles. The van der Waals surface area contributed by atoms with E-state index in [9.17, 15) is 34.8 Å². The van der Waals surface area contributed by atoms with Crippen molar-refractivity contribution in [2.75, 3.05) is 68.7 Å². The molecule has 222 valence electrons. The molecule has 0 radical (unpaired) electrons. The van der Waals surface area contributed by atoms with Gasteiger partial charge in [-0.25, -0.2) is 8.42 Å². The van der Waals surface area contributed by atoms with Gasteiger partial charge in [0, 0.05) is 28.2 Å². The van der Waals surface area contributed by atoms with Crippen molar-refractivity contribution in [1.82, 2.24) is 19.6 Å². The van der Waals surface area contributed by atoms with Gasteiger partial charge in [0.25, 0.3) is 0 Å². The van der Waals surface area contributed by atoms with Crippen LogP contribution >= 0.6 is 24.0 Å². The van der Waals surface area contributed by atoms with Gasteiger partial charge in [0.05, 0.1) is 6.61 Å². The highest BCUT2D eigenvalue weighted by atomic mass is 32.2. The highest BCUT2D eigenvalue weighted by molar-refractivity contribution is 7.99. The molecule has 0 aromatic rings. The van der Waals surface area contributed by atoms with Crippen LogP contribution < -0.4 is 0 Å². The molecule has 0 saturated carbocycles. The van der Waals surface area contributed by atoms with E-state index >= 15 is 0 Å². The summed E-state index contributed by atoms with van der Waals surface area (Å²) in [6.45, 7) is 2.83. The number of hydrogen-bond acceptors (Lipinski definition) is 10. The Hall–Kier alpha value is -0.640. The van der Waals surface area contributed by atoms with Crippen molar-refractivity contribution < 1.29 is 51.9 Å². The zero-order valence-electron chi connectivity index (χ0n) is 21.6. The van der Waals surface area contributed by atoms with Crippen LogP contribution in [0.25, 0.3) is 0 Å². The number of nitrogens with zero attached hydrogens (tertiary/aromatic N) is 4. The molecule has 0 amide bonds. The van der Waals surface area contributed by atoms with Crippen molar-refractivity contribution in [3.63, 3.8) is 0 Å². The summed E-state index contributed by atoms with van der Waals surface area (Å²) in [6, 6.07) is 0. The van der Waals surface area contributed by atoms with Crippen molar-refractivity contribution in [2.24, 2.45) is 0 Å². The van der Waals surface area contributed by atoms with Gasteiger partial charge in [-0.2, -0.15) is 34.8 Å². The maximum Gasteiger partial charge on any atom is 0.523 e. The second-order valence-electron chi connectivity index (χ2n) is 6.99. The third-order valence-corrected chi connectivity index (χ3v) is 6.69. The fourth-order valence-electron chi connectivity index (χ4n) is 1.53. The first kappa shape index (κ1) is 42.4. The Morgan fingerprint density at radius 2 is 1.14 bits per heavy atom. The van der Waals surface area contributed by atoms with E-state index in [0.717, 1.165) is 12.0 Å². The second-order valence-corrected chi connectivity index (χ2v) is 11.7. The van der Waals surface area contributed by atoms with Gasteiger partial charge in [-0.3, -0.25) is 14.0 Å². The van der Waals surface area contributed by atoms with Crippen molar-refractivity contribution in [1.29, 1.82) is 0 Å². The van der Waals surface area contributed by atoms with Gasteiger partial charge in [-0.1, -0.05) is 6.92 Å². The molecule has 0 heterocycles. The van der Waals surface area contributed by atoms with Crippen LogP contribution in [0.4, 0.5) is 26.3 Å². The molecule has 0 bridgehead atoms. The summed E-state index contributed by atoms with van der Waals surface area (Å²) in [5, 5.41) is 0.852. The Kier molecular flexibility index (Phi) is 21.9. The molecule has 0 atom stereocenters. The molecule has 0 N–H and O–H groups in total. The molecule has 0 aliphatic rings. The minimum Gasteiger partial charge on any atom is -0.741 e. The van der Waals surface area contributed by atoms with E-state index in [0.29, 0.717) is 5.50 Å². The Morgan fingerprint density at radius 3 is 1.19 bits per heavy atom. The second kappa shape index (κ2) is 18.6. The Bertz CT molecular complexity index is 787. The minimum atomic E-state index is -6.09. The van der Waals surface area contributed by atoms with Gasteiger partial charge >= 0.3 is 21.1 Å². The summed E-state index contributed by atoms with van der Waals surface area (Å²) in [4.78, 5) is 8.23. The van der Waals surface area contributed by atoms with Gasteiger partial charge in [-0.05, 0) is 53.1 Å². The molecule has 0 aliphatic heterocycles. The topological polar surface area (TPSA) is 114 Å². The van der Waals surface area contributed by atoms with Crippen LogP contribution in [0.5, 0.6) is 0 Å². The van der Waals surface area contributed by atoms with Gasteiger partial charge < -0.3 is 14.4 Å². The average molecular weight is 622 g/mol. The molecule has 0 aromatic carbocycles. The Morgan fingerprint density at radius 1 is 0.833 bits per heavy atom. The third kappa shape index (κ3) is 21.4.